The number of pyridine rings is 1. The van der Waals surface area contributed by atoms with E-state index in [4.69, 9.17) is 14.5 Å². The van der Waals surface area contributed by atoms with Gasteiger partial charge in [0.1, 0.15) is 5.52 Å². The molecule has 0 radical (unpaired) electrons. The highest BCUT2D eigenvalue weighted by Gasteiger charge is 2.33. The molecule has 3 aromatic heterocycles. The topological polar surface area (TPSA) is 111 Å². The maximum atomic E-state index is 13.3. The summed E-state index contributed by atoms with van der Waals surface area (Å²) in [5.74, 6) is 0. The van der Waals surface area contributed by atoms with E-state index in [-0.39, 0.29) is 23.3 Å². The second-order valence-corrected chi connectivity index (χ2v) is 11.3. The molecule has 208 valence electrons. The average Bonchev–Trinajstić information content (AvgIpc) is 3.50. The van der Waals surface area contributed by atoms with Gasteiger partial charge in [0.2, 0.25) is 0 Å². The Bertz CT molecular complexity index is 1630. The van der Waals surface area contributed by atoms with Gasteiger partial charge in [-0.1, -0.05) is 12.1 Å². The summed E-state index contributed by atoms with van der Waals surface area (Å²) < 4.78 is 15.1. The van der Waals surface area contributed by atoms with Gasteiger partial charge in [-0.25, -0.2) is 4.79 Å². The summed E-state index contributed by atoms with van der Waals surface area (Å²) in [5, 5.41) is 19.1. The zero-order chi connectivity index (χ0) is 27.9. The third-order valence-corrected chi connectivity index (χ3v) is 8.46. The number of imidazole rings is 1. The molecule has 2 aliphatic heterocycles. The number of hydrogen-bond acceptors (Lipinski definition) is 8. The van der Waals surface area contributed by atoms with Crippen LogP contribution < -0.4 is 5.69 Å². The molecule has 5 heterocycles. The SMILES string of the molecule is C[C@@H](OCCN1CCC(C)(C#N)C1)c1ccc(-c2ccc3nnc4c(c3c2)n(C2CCOCC2)c(=O)n4C)cn1. The Balaban J connectivity index is 1.22. The lowest BCUT2D eigenvalue weighted by molar-refractivity contribution is 0.0482. The van der Waals surface area contributed by atoms with Crippen LogP contribution in [0, 0.1) is 16.7 Å². The fraction of sp³-hybridized carbons (Fsp3) is 0.500. The number of ether oxygens (including phenoxy) is 2. The summed E-state index contributed by atoms with van der Waals surface area (Å²) in [6, 6.07) is 12.6. The number of fused-ring (bicyclic) bond motifs is 3. The normalized spacial score (nSPS) is 21.2. The first-order valence-corrected chi connectivity index (χ1v) is 14.0. The summed E-state index contributed by atoms with van der Waals surface area (Å²) in [5.41, 5.74) is 4.70. The Kier molecular flexibility index (Phi) is 7.13. The van der Waals surface area contributed by atoms with E-state index in [0.717, 1.165) is 72.1 Å². The van der Waals surface area contributed by atoms with Gasteiger partial charge < -0.3 is 9.47 Å². The molecular weight excluding hydrogens is 506 g/mol. The first-order valence-electron chi connectivity index (χ1n) is 14.0. The van der Waals surface area contributed by atoms with Crippen LogP contribution >= 0.6 is 0 Å². The lowest BCUT2D eigenvalue weighted by Gasteiger charge is -2.23. The number of hydrogen-bond donors (Lipinski definition) is 0. The zero-order valence-corrected chi connectivity index (χ0v) is 23.3. The van der Waals surface area contributed by atoms with Crippen LogP contribution in [-0.2, 0) is 16.5 Å². The van der Waals surface area contributed by atoms with E-state index < -0.39 is 0 Å². The minimum atomic E-state index is -0.243. The second-order valence-electron chi connectivity index (χ2n) is 11.3. The predicted octanol–water partition coefficient (Wildman–Crippen LogP) is 4.01. The molecule has 2 atom stereocenters. The quantitative estimate of drug-likeness (QED) is 0.345. The van der Waals surface area contributed by atoms with Crippen molar-refractivity contribution in [2.75, 3.05) is 39.5 Å². The van der Waals surface area contributed by atoms with Gasteiger partial charge in [-0.2, -0.15) is 5.26 Å². The van der Waals surface area contributed by atoms with Crippen LogP contribution in [0.15, 0.2) is 41.3 Å². The van der Waals surface area contributed by atoms with Gasteiger partial charge in [0.15, 0.2) is 5.65 Å². The third-order valence-electron chi connectivity index (χ3n) is 8.46. The largest absolute Gasteiger partial charge is 0.381 e. The molecule has 1 unspecified atom stereocenters. The molecule has 2 fully saturated rings. The molecule has 0 saturated carbocycles. The highest BCUT2D eigenvalue weighted by Crippen LogP contribution is 2.32. The average molecular weight is 542 g/mol. The van der Waals surface area contributed by atoms with Crippen molar-refractivity contribution in [2.45, 2.75) is 45.3 Å². The number of aromatic nitrogens is 5. The number of nitrogens with zero attached hydrogens (tertiary/aromatic N) is 7. The van der Waals surface area contributed by atoms with Crippen molar-refractivity contribution in [3.8, 4) is 17.2 Å². The maximum absolute atomic E-state index is 13.3. The molecule has 0 N–H and O–H groups in total. The van der Waals surface area contributed by atoms with Crippen LogP contribution in [0.3, 0.4) is 0 Å². The zero-order valence-electron chi connectivity index (χ0n) is 23.3. The van der Waals surface area contributed by atoms with Crippen LogP contribution in [0.4, 0.5) is 0 Å². The van der Waals surface area contributed by atoms with Crippen molar-refractivity contribution in [3.63, 3.8) is 0 Å². The smallest absolute Gasteiger partial charge is 0.330 e. The molecule has 1 aromatic carbocycles. The Hall–Kier alpha value is -3.65. The summed E-state index contributed by atoms with van der Waals surface area (Å²) in [6.07, 6.45) is 4.24. The van der Waals surface area contributed by atoms with Crippen LogP contribution in [0.5, 0.6) is 0 Å². The van der Waals surface area contributed by atoms with Crippen LogP contribution in [0.25, 0.3) is 33.2 Å². The van der Waals surface area contributed by atoms with E-state index in [1.165, 1.54) is 0 Å². The molecule has 10 heteroatoms. The fourth-order valence-electron chi connectivity index (χ4n) is 5.95. The third kappa shape index (κ3) is 4.89. The predicted molar refractivity (Wildman–Crippen MR) is 152 cm³/mol. The van der Waals surface area contributed by atoms with Gasteiger partial charge in [-0.3, -0.25) is 19.0 Å². The van der Waals surface area contributed by atoms with Crippen LogP contribution in [0.1, 0.15) is 50.9 Å². The highest BCUT2D eigenvalue weighted by atomic mass is 16.5. The lowest BCUT2D eigenvalue weighted by atomic mass is 9.92. The van der Waals surface area contributed by atoms with E-state index in [9.17, 15) is 10.1 Å². The molecule has 2 aliphatic rings. The summed E-state index contributed by atoms with van der Waals surface area (Å²) in [7, 11) is 1.76. The van der Waals surface area contributed by atoms with Crippen molar-refractivity contribution in [3.05, 3.63) is 52.7 Å². The van der Waals surface area contributed by atoms with Gasteiger partial charge in [0.05, 0.1) is 35.4 Å². The molecule has 0 amide bonds. The molecule has 40 heavy (non-hydrogen) atoms. The van der Waals surface area contributed by atoms with Crippen LogP contribution in [-0.4, -0.2) is 68.7 Å². The van der Waals surface area contributed by atoms with E-state index >= 15 is 0 Å². The van der Waals surface area contributed by atoms with Crippen molar-refractivity contribution in [1.29, 1.82) is 5.26 Å². The van der Waals surface area contributed by atoms with Crippen LogP contribution in [0.2, 0.25) is 0 Å². The molecule has 0 spiro atoms. The van der Waals surface area contributed by atoms with E-state index in [0.29, 0.717) is 25.5 Å². The van der Waals surface area contributed by atoms with E-state index in [1.807, 2.05) is 42.8 Å². The van der Waals surface area contributed by atoms with Crippen molar-refractivity contribution < 1.29 is 9.47 Å². The molecule has 0 bridgehead atoms. The Labute approximate surface area is 233 Å². The number of rotatable bonds is 7. The Morgan fingerprint density at radius 1 is 1.20 bits per heavy atom. The second kappa shape index (κ2) is 10.7. The van der Waals surface area contributed by atoms with E-state index in [2.05, 4.69) is 33.3 Å². The minimum absolute atomic E-state index is 0.0714. The number of likely N-dealkylation sites (tertiary alicyclic amines) is 1. The fourth-order valence-corrected chi connectivity index (χ4v) is 5.95. The molecule has 6 rings (SSSR count). The molecule has 4 aromatic rings. The van der Waals surface area contributed by atoms with Gasteiger partial charge >= 0.3 is 5.69 Å². The van der Waals surface area contributed by atoms with Gasteiger partial charge in [0, 0.05) is 56.5 Å². The van der Waals surface area contributed by atoms with Crippen molar-refractivity contribution in [1.82, 2.24) is 29.2 Å². The number of benzene rings is 1. The molecular formula is C30H35N7O3. The van der Waals surface area contributed by atoms with Gasteiger partial charge in [0.25, 0.3) is 0 Å². The standard InChI is InChI=1S/C30H35N7O3/c1-20(40-15-12-36-11-10-30(2,18-31)19-36)25-6-5-22(17-32-25)21-4-7-26-24(16-21)27-28(34-33-26)35(3)29(38)37(27)23-8-13-39-14-9-23/h4-7,16-17,20,23H,8-15,19H2,1-3H3/t20-,30?/m1/s1. The number of aryl methyl sites for hydroxylation is 1. The minimum Gasteiger partial charge on any atom is -0.381 e. The maximum Gasteiger partial charge on any atom is 0.330 e. The van der Waals surface area contributed by atoms with E-state index in [1.54, 1.807) is 11.6 Å². The van der Waals surface area contributed by atoms with Gasteiger partial charge in [-0.15, -0.1) is 10.2 Å². The summed E-state index contributed by atoms with van der Waals surface area (Å²) >= 11 is 0. The van der Waals surface area contributed by atoms with Crippen molar-refractivity contribution >= 4 is 22.1 Å². The molecule has 2 saturated heterocycles. The molecule has 0 aliphatic carbocycles. The van der Waals surface area contributed by atoms with Crippen molar-refractivity contribution in [2.24, 2.45) is 12.5 Å². The highest BCUT2D eigenvalue weighted by molar-refractivity contribution is 6.02. The Morgan fingerprint density at radius 2 is 2.00 bits per heavy atom. The molecule has 10 nitrogen and oxygen atoms in total. The first kappa shape index (κ1) is 26.6. The first-order chi connectivity index (χ1) is 19.4. The Morgan fingerprint density at radius 3 is 2.73 bits per heavy atom. The monoisotopic (exact) mass is 541 g/mol. The number of nitriles is 1. The summed E-state index contributed by atoms with van der Waals surface area (Å²) in [4.78, 5) is 20.3. The lowest BCUT2D eigenvalue weighted by Crippen LogP contribution is -2.29. The summed E-state index contributed by atoms with van der Waals surface area (Å²) in [6.45, 7) is 8.48. The van der Waals surface area contributed by atoms with Gasteiger partial charge in [-0.05, 0) is 63.4 Å².